The molecule has 0 spiro atoms. The maximum Gasteiger partial charge on any atom is 0.323 e. The van der Waals surface area contributed by atoms with Crippen molar-refractivity contribution in [2.75, 3.05) is 6.54 Å². The highest BCUT2D eigenvalue weighted by Gasteiger charge is 2.22. The number of aryl methyl sites for hydroxylation is 1. The van der Waals surface area contributed by atoms with Gasteiger partial charge in [-0.3, -0.25) is 14.2 Å². The van der Waals surface area contributed by atoms with Crippen LogP contribution in [0, 0.1) is 12.7 Å². The zero-order valence-electron chi connectivity index (χ0n) is 17.1. The number of imidazole rings is 1. The lowest BCUT2D eigenvalue weighted by Gasteiger charge is -2.22. The molecular weight excluding hydrogens is 433 g/mol. The Morgan fingerprint density at radius 3 is 2.53 bits per heavy atom. The molecule has 0 saturated heterocycles. The van der Waals surface area contributed by atoms with Gasteiger partial charge in [0.2, 0.25) is 0 Å². The van der Waals surface area contributed by atoms with Crippen molar-refractivity contribution in [1.29, 1.82) is 0 Å². The van der Waals surface area contributed by atoms with Crippen LogP contribution in [0.1, 0.15) is 21.7 Å². The van der Waals surface area contributed by atoms with Gasteiger partial charge in [0.25, 0.3) is 5.91 Å². The van der Waals surface area contributed by atoms with Gasteiger partial charge in [0, 0.05) is 21.8 Å². The standard InChI is InChI=1S/C24H19ClFN3O3/c1-15-27-21-12-16(10-11-22(21)29(15)17-6-3-2-4-7-17)24(32)28(14-23(30)31)13-18-19(25)8-5-9-20(18)26/h2-12H,13-14H2,1H3,(H,30,31). The van der Waals surface area contributed by atoms with Crippen molar-refractivity contribution in [2.45, 2.75) is 13.5 Å². The fraction of sp³-hybridized carbons (Fsp3) is 0.125. The molecule has 3 aromatic carbocycles. The van der Waals surface area contributed by atoms with E-state index in [1.165, 1.54) is 18.2 Å². The van der Waals surface area contributed by atoms with Crippen LogP contribution in [-0.2, 0) is 11.3 Å². The highest BCUT2D eigenvalue weighted by atomic mass is 35.5. The summed E-state index contributed by atoms with van der Waals surface area (Å²) in [6, 6.07) is 18.9. The highest BCUT2D eigenvalue weighted by Crippen LogP contribution is 2.25. The van der Waals surface area contributed by atoms with E-state index < -0.39 is 24.2 Å². The van der Waals surface area contributed by atoms with Crippen LogP contribution in [0.5, 0.6) is 0 Å². The van der Waals surface area contributed by atoms with E-state index in [1.54, 1.807) is 18.2 Å². The number of rotatable bonds is 6. The van der Waals surface area contributed by atoms with Gasteiger partial charge in [0.1, 0.15) is 18.2 Å². The van der Waals surface area contributed by atoms with Crippen LogP contribution in [0.15, 0.2) is 66.7 Å². The van der Waals surface area contributed by atoms with E-state index in [-0.39, 0.29) is 22.7 Å². The Morgan fingerprint density at radius 2 is 1.84 bits per heavy atom. The third-order valence-electron chi connectivity index (χ3n) is 5.11. The molecule has 8 heteroatoms. The topological polar surface area (TPSA) is 75.4 Å². The van der Waals surface area contributed by atoms with Gasteiger partial charge in [-0.2, -0.15) is 0 Å². The molecule has 0 saturated carbocycles. The summed E-state index contributed by atoms with van der Waals surface area (Å²) in [5.41, 5.74) is 2.66. The van der Waals surface area contributed by atoms with Crippen molar-refractivity contribution in [3.8, 4) is 5.69 Å². The molecule has 0 aliphatic heterocycles. The van der Waals surface area contributed by atoms with Crippen molar-refractivity contribution in [3.05, 3.63) is 94.5 Å². The number of halogens is 2. The van der Waals surface area contributed by atoms with Crippen molar-refractivity contribution in [3.63, 3.8) is 0 Å². The molecule has 0 aliphatic carbocycles. The molecule has 4 aromatic rings. The number of aliphatic carboxylic acids is 1. The van der Waals surface area contributed by atoms with E-state index >= 15 is 0 Å². The number of amides is 1. The minimum absolute atomic E-state index is 0.0639. The van der Waals surface area contributed by atoms with E-state index in [1.807, 2.05) is 41.8 Å². The van der Waals surface area contributed by atoms with Crippen LogP contribution in [0.3, 0.4) is 0 Å². The van der Waals surface area contributed by atoms with Gasteiger partial charge in [-0.05, 0) is 49.4 Å². The largest absolute Gasteiger partial charge is 0.480 e. The Labute approximate surface area is 188 Å². The van der Waals surface area contributed by atoms with Gasteiger partial charge in [-0.25, -0.2) is 9.37 Å². The molecule has 0 fully saturated rings. The third kappa shape index (κ3) is 4.20. The lowest BCUT2D eigenvalue weighted by molar-refractivity contribution is -0.137. The first kappa shape index (κ1) is 21.5. The molecule has 0 radical (unpaired) electrons. The van der Waals surface area contributed by atoms with Crippen LogP contribution in [0.4, 0.5) is 4.39 Å². The molecule has 4 rings (SSSR count). The minimum Gasteiger partial charge on any atom is -0.480 e. The first-order valence-corrected chi connectivity index (χ1v) is 10.2. The van der Waals surface area contributed by atoms with Gasteiger partial charge >= 0.3 is 5.97 Å². The van der Waals surface area contributed by atoms with Crippen LogP contribution in [0.25, 0.3) is 16.7 Å². The number of fused-ring (bicyclic) bond motifs is 1. The summed E-state index contributed by atoms with van der Waals surface area (Å²) in [6.07, 6.45) is 0. The quantitative estimate of drug-likeness (QED) is 0.454. The summed E-state index contributed by atoms with van der Waals surface area (Å²) in [7, 11) is 0. The number of aromatic nitrogens is 2. The zero-order valence-corrected chi connectivity index (χ0v) is 17.9. The average molecular weight is 452 g/mol. The lowest BCUT2D eigenvalue weighted by atomic mass is 10.1. The summed E-state index contributed by atoms with van der Waals surface area (Å²) in [5, 5.41) is 9.42. The number of hydrogen-bond donors (Lipinski definition) is 1. The first-order valence-electron chi connectivity index (χ1n) is 9.83. The van der Waals surface area contributed by atoms with E-state index in [9.17, 15) is 19.1 Å². The smallest absolute Gasteiger partial charge is 0.323 e. The summed E-state index contributed by atoms with van der Waals surface area (Å²) in [6.45, 7) is 0.997. The number of nitrogens with zero attached hydrogens (tertiary/aromatic N) is 3. The fourth-order valence-corrected chi connectivity index (χ4v) is 3.88. The van der Waals surface area contributed by atoms with Gasteiger partial charge in [-0.1, -0.05) is 35.9 Å². The molecule has 1 N–H and O–H groups in total. The second-order valence-electron chi connectivity index (χ2n) is 7.29. The minimum atomic E-state index is -1.21. The van der Waals surface area contributed by atoms with Gasteiger partial charge in [0.15, 0.2) is 0 Å². The molecular formula is C24H19ClFN3O3. The summed E-state index contributed by atoms with van der Waals surface area (Å²) < 4.78 is 16.2. The number of carbonyl (C=O) groups is 2. The van der Waals surface area contributed by atoms with E-state index in [0.29, 0.717) is 5.52 Å². The zero-order chi connectivity index (χ0) is 22.8. The first-order chi connectivity index (χ1) is 15.3. The normalized spacial score (nSPS) is 11.0. The molecule has 32 heavy (non-hydrogen) atoms. The molecule has 1 aromatic heterocycles. The summed E-state index contributed by atoms with van der Waals surface area (Å²) in [4.78, 5) is 30.2. The summed E-state index contributed by atoms with van der Waals surface area (Å²) in [5.74, 6) is -1.62. The fourth-order valence-electron chi connectivity index (χ4n) is 3.66. The Kier molecular flexibility index (Phi) is 5.92. The van der Waals surface area contributed by atoms with Crippen LogP contribution >= 0.6 is 11.6 Å². The SMILES string of the molecule is Cc1nc2cc(C(=O)N(CC(=O)O)Cc3c(F)cccc3Cl)ccc2n1-c1ccccc1. The van der Waals surface area contributed by atoms with E-state index in [4.69, 9.17) is 11.6 Å². The number of para-hydroxylation sites is 1. The number of carboxylic acid groups (broad SMARTS) is 1. The lowest BCUT2D eigenvalue weighted by Crippen LogP contribution is -2.35. The maximum atomic E-state index is 14.2. The van der Waals surface area contributed by atoms with Crippen molar-refractivity contribution >= 4 is 34.5 Å². The monoisotopic (exact) mass is 451 g/mol. The van der Waals surface area contributed by atoms with Crippen molar-refractivity contribution in [1.82, 2.24) is 14.5 Å². The van der Waals surface area contributed by atoms with Gasteiger partial charge in [0.05, 0.1) is 17.6 Å². The second-order valence-corrected chi connectivity index (χ2v) is 7.70. The molecule has 0 bridgehead atoms. The average Bonchev–Trinajstić information content (AvgIpc) is 3.10. The number of benzene rings is 3. The summed E-state index contributed by atoms with van der Waals surface area (Å²) >= 11 is 6.08. The van der Waals surface area contributed by atoms with Crippen LogP contribution < -0.4 is 0 Å². The molecule has 0 unspecified atom stereocenters. The van der Waals surface area contributed by atoms with Crippen LogP contribution in [0.2, 0.25) is 5.02 Å². The van der Waals surface area contributed by atoms with Crippen LogP contribution in [-0.4, -0.2) is 38.0 Å². The number of carboxylic acids is 1. The molecule has 6 nitrogen and oxygen atoms in total. The Balaban J connectivity index is 1.71. The molecule has 1 heterocycles. The van der Waals surface area contributed by atoms with E-state index in [2.05, 4.69) is 4.98 Å². The second kappa shape index (κ2) is 8.80. The predicted molar refractivity (Wildman–Crippen MR) is 120 cm³/mol. The van der Waals surface area contributed by atoms with E-state index in [0.717, 1.165) is 21.9 Å². The molecule has 1 amide bonds. The Hall–Kier alpha value is -3.71. The maximum absolute atomic E-state index is 14.2. The Morgan fingerprint density at radius 1 is 1.09 bits per heavy atom. The predicted octanol–water partition coefficient (Wildman–Crippen LogP) is 4.85. The molecule has 0 atom stereocenters. The van der Waals surface area contributed by atoms with Gasteiger partial charge < -0.3 is 10.0 Å². The Bertz CT molecular complexity index is 1300. The highest BCUT2D eigenvalue weighted by molar-refractivity contribution is 6.31. The van der Waals surface area contributed by atoms with Gasteiger partial charge in [-0.15, -0.1) is 0 Å². The molecule has 162 valence electrons. The van der Waals surface area contributed by atoms with Crippen molar-refractivity contribution in [2.24, 2.45) is 0 Å². The number of carbonyl (C=O) groups excluding carboxylic acids is 1. The number of hydrogen-bond acceptors (Lipinski definition) is 3. The third-order valence-corrected chi connectivity index (χ3v) is 5.46. The molecule has 0 aliphatic rings. The van der Waals surface area contributed by atoms with Crippen molar-refractivity contribution < 1.29 is 19.1 Å².